The van der Waals surface area contributed by atoms with E-state index in [4.69, 9.17) is 11.6 Å². The van der Waals surface area contributed by atoms with E-state index in [1.807, 2.05) is 24.0 Å². The van der Waals surface area contributed by atoms with Gasteiger partial charge in [0, 0.05) is 17.3 Å². The summed E-state index contributed by atoms with van der Waals surface area (Å²) < 4.78 is 0.508. The van der Waals surface area contributed by atoms with Crippen LogP contribution in [0.15, 0.2) is 24.5 Å². The van der Waals surface area contributed by atoms with Crippen LogP contribution in [0.25, 0.3) is 0 Å². The van der Waals surface area contributed by atoms with Crippen LogP contribution in [0.5, 0.6) is 0 Å². The SMILES string of the molecule is Cc1cccnc1N(CC=O)Cc1cnc(Cl)s1. The minimum atomic E-state index is 0.299. The molecule has 0 bridgehead atoms. The quantitative estimate of drug-likeness (QED) is 0.791. The van der Waals surface area contributed by atoms with Crippen molar-refractivity contribution in [1.82, 2.24) is 9.97 Å². The number of rotatable bonds is 5. The molecule has 0 aliphatic heterocycles. The molecule has 6 heteroatoms. The summed E-state index contributed by atoms with van der Waals surface area (Å²) in [7, 11) is 0. The Morgan fingerprint density at radius 2 is 2.33 bits per heavy atom. The van der Waals surface area contributed by atoms with Crippen molar-refractivity contribution in [3.63, 3.8) is 0 Å². The van der Waals surface area contributed by atoms with E-state index in [2.05, 4.69) is 9.97 Å². The lowest BCUT2D eigenvalue weighted by Gasteiger charge is -2.21. The highest BCUT2D eigenvalue weighted by Crippen LogP contribution is 2.23. The number of hydrogen-bond donors (Lipinski definition) is 0. The molecular formula is C12H12ClN3OS. The maximum Gasteiger partial charge on any atom is 0.183 e. The molecule has 94 valence electrons. The van der Waals surface area contributed by atoms with Gasteiger partial charge in [-0.3, -0.25) is 0 Å². The third-order valence-electron chi connectivity index (χ3n) is 2.45. The smallest absolute Gasteiger partial charge is 0.183 e. The number of aryl methyl sites for hydroxylation is 1. The minimum absolute atomic E-state index is 0.299. The highest BCUT2D eigenvalue weighted by atomic mass is 35.5. The van der Waals surface area contributed by atoms with E-state index >= 15 is 0 Å². The van der Waals surface area contributed by atoms with Crippen LogP contribution >= 0.6 is 22.9 Å². The molecule has 18 heavy (non-hydrogen) atoms. The van der Waals surface area contributed by atoms with Crippen LogP contribution in [0, 0.1) is 6.92 Å². The number of thiazole rings is 1. The number of carbonyl (C=O) groups is 1. The van der Waals surface area contributed by atoms with Crippen molar-refractivity contribution in [1.29, 1.82) is 0 Å². The summed E-state index contributed by atoms with van der Waals surface area (Å²) in [6, 6.07) is 3.85. The predicted molar refractivity (Wildman–Crippen MR) is 73.2 cm³/mol. The largest absolute Gasteiger partial charge is 0.344 e. The van der Waals surface area contributed by atoms with Crippen LogP contribution in [0.3, 0.4) is 0 Å². The van der Waals surface area contributed by atoms with E-state index in [1.54, 1.807) is 12.4 Å². The third-order valence-corrected chi connectivity index (χ3v) is 3.55. The molecule has 2 heterocycles. The second kappa shape index (κ2) is 5.93. The molecule has 0 saturated heterocycles. The van der Waals surface area contributed by atoms with Gasteiger partial charge in [0.05, 0.1) is 13.1 Å². The number of aromatic nitrogens is 2. The number of anilines is 1. The lowest BCUT2D eigenvalue weighted by atomic mass is 10.2. The number of hydrogen-bond acceptors (Lipinski definition) is 5. The normalized spacial score (nSPS) is 10.3. The molecule has 0 fully saturated rings. The first-order valence-corrected chi connectivity index (χ1v) is 6.60. The number of halogens is 1. The molecule has 0 aromatic carbocycles. The summed E-state index contributed by atoms with van der Waals surface area (Å²) in [5.74, 6) is 0.814. The Balaban J connectivity index is 2.23. The zero-order valence-corrected chi connectivity index (χ0v) is 11.4. The maximum atomic E-state index is 10.8. The van der Waals surface area contributed by atoms with Crippen LogP contribution < -0.4 is 4.90 Å². The molecule has 2 aromatic heterocycles. The Hall–Kier alpha value is -1.46. The van der Waals surface area contributed by atoms with E-state index < -0.39 is 0 Å². The standard InChI is InChI=1S/C12H12ClN3OS/c1-9-3-2-4-14-11(9)16(5-6-17)8-10-7-15-12(13)18-10/h2-4,6-7H,5,8H2,1H3. The van der Waals surface area contributed by atoms with Gasteiger partial charge < -0.3 is 9.69 Å². The predicted octanol–water partition coefficient (Wildman–Crippen LogP) is 2.71. The van der Waals surface area contributed by atoms with Crippen LogP contribution in [0.4, 0.5) is 5.82 Å². The molecule has 0 aliphatic rings. The summed E-state index contributed by atoms with van der Waals surface area (Å²) in [4.78, 5) is 22.0. The molecular weight excluding hydrogens is 270 g/mol. The van der Waals surface area contributed by atoms with Crippen molar-refractivity contribution in [2.75, 3.05) is 11.4 Å². The van der Waals surface area contributed by atoms with Crippen LogP contribution in [0.1, 0.15) is 10.4 Å². The second-order valence-corrected chi connectivity index (χ2v) is 5.47. The Morgan fingerprint density at radius 3 is 2.94 bits per heavy atom. The van der Waals surface area contributed by atoms with Crippen LogP contribution in [-0.4, -0.2) is 22.8 Å². The van der Waals surface area contributed by atoms with E-state index in [0.29, 0.717) is 17.6 Å². The summed E-state index contributed by atoms with van der Waals surface area (Å²) >= 11 is 7.21. The van der Waals surface area contributed by atoms with Gasteiger partial charge in [-0.1, -0.05) is 17.7 Å². The first-order valence-electron chi connectivity index (χ1n) is 5.41. The van der Waals surface area contributed by atoms with Gasteiger partial charge in [-0.15, -0.1) is 11.3 Å². The van der Waals surface area contributed by atoms with Gasteiger partial charge in [-0.2, -0.15) is 0 Å². The zero-order chi connectivity index (χ0) is 13.0. The van der Waals surface area contributed by atoms with Gasteiger partial charge in [0.1, 0.15) is 12.1 Å². The number of aldehydes is 1. The molecule has 2 aromatic rings. The molecule has 0 atom stereocenters. The van der Waals surface area contributed by atoms with Gasteiger partial charge in [0.15, 0.2) is 4.47 Å². The lowest BCUT2D eigenvalue weighted by molar-refractivity contribution is -0.106. The maximum absolute atomic E-state index is 10.8. The topological polar surface area (TPSA) is 46.1 Å². The monoisotopic (exact) mass is 281 g/mol. The van der Waals surface area contributed by atoms with Crippen molar-refractivity contribution < 1.29 is 4.79 Å². The molecule has 0 N–H and O–H groups in total. The molecule has 0 saturated carbocycles. The Labute approximate surface area is 114 Å². The molecule has 0 amide bonds. The fraction of sp³-hybridized carbons (Fsp3) is 0.250. The van der Waals surface area contributed by atoms with Crippen molar-refractivity contribution in [2.45, 2.75) is 13.5 Å². The van der Waals surface area contributed by atoms with E-state index in [1.165, 1.54) is 11.3 Å². The number of carbonyl (C=O) groups excluding carboxylic acids is 1. The molecule has 0 unspecified atom stereocenters. The fourth-order valence-corrected chi connectivity index (χ4v) is 2.66. The van der Waals surface area contributed by atoms with Crippen molar-refractivity contribution in [3.05, 3.63) is 39.4 Å². The average molecular weight is 282 g/mol. The van der Waals surface area contributed by atoms with Crippen molar-refractivity contribution in [3.8, 4) is 0 Å². The average Bonchev–Trinajstić information content (AvgIpc) is 2.75. The van der Waals surface area contributed by atoms with Crippen LogP contribution in [-0.2, 0) is 11.3 Å². The molecule has 0 radical (unpaired) electrons. The summed E-state index contributed by atoms with van der Waals surface area (Å²) in [6.07, 6.45) is 4.32. The van der Waals surface area contributed by atoms with Gasteiger partial charge in [-0.05, 0) is 18.6 Å². The fourth-order valence-electron chi connectivity index (χ4n) is 1.67. The molecule has 2 rings (SSSR count). The molecule has 0 aliphatic carbocycles. The van der Waals surface area contributed by atoms with Gasteiger partial charge in [-0.25, -0.2) is 9.97 Å². The first kappa shape index (κ1) is 13.0. The summed E-state index contributed by atoms with van der Waals surface area (Å²) in [5, 5.41) is 0. The first-order chi connectivity index (χ1) is 8.70. The lowest BCUT2D eigenvalue weighted by Crippen LogP contribution is -2.26. The third kappa shape index (κ3) is 3.05. The summed E-state index contributed by atoms with van der Waals surface area (Å²) in [6.45, 7) is 2.86. The highest BCUT2D eigenvalue weighted by Gasteiger charge is 2.12. The summed E-state index contributed by atoms with van der Waals surface area (Å²) in [5.41, 5.74) is 1.04. The molecule has 4 nitrogen and oxygen atoms in total. The minimum Gasteiger partial charge on any atom is -0.344 e. The Morgan fingerprint density at radius 1 is 1.50 bits per heavy atom. The Bertz CT molecular complexity index is 544. The molecule has 0 spiro atoms. The van der Waals surface area contributed by atoms with Gasteiger partial charge >= 0.3 is 0 Å². The number of nitrogens with zero attached hydrogens (tertiary/aromatic N) is 3. The van der Waals surface area contributed by atoms with Crippen molar-refractivity contribution >= 4 is 35.0 Å². The van der Waals surface area contributed by atoms with Gasteiger partial charge in [0.2, 0.25) is 0 Å². The van der Waals surface area contributed by atoms with Crippen molar-refractivity contribution in [2.24, 2.45) is 0 Å². The highest BCUT2D eigenvalue weighted by molar-refractivity contribution is 7.15. The van der Waals surface area contributed by atoms with Crippen LogP contribution in [0.2, 0.25) is 4.47 Å². The van der Waals surface area contributed by atoms with E-state index in [9.17, 15) is 4.79 Å². The Kier molecular flexibility index (Phi) is 4.28. The van der Waals surface area contributed by atoms with Gasteiger partial charge in [0.25, 0.3) is 0 Å². The van der Waals surface area contributed by atoms with E-state index in [0.717, 1.165) is 22.5 Å². The van der Waals surface area contributed by atoms with E-state index in [-0.39, 0.29) is 0 Å². The zero-order valence-electron chi connectivity index (χ0n) is 9.84. The number of pyridine rings is 1. The second-order valence-electron chi connectivity index (χ2n) is 3.77.